The molecule has 2 N–H and O–H groups in total. The van der Waals surface area contributed by atoms with Crippen molar-refractivity contribution in [2.45, 2.75) is 12.5 Å². The summed E-state index contributed by atoms with van der Waals surface area (Å²) in [5.74, 6) is -0.990. The van der Waals surface area contributed by atoms with E-state index in [2.05, 4.69) is 17.0 Å². The zero-order valence-corrected chi connectivity index (χ0v) is 14.7. The van der Waals surface area contributed by atoms with E-state index in [0.717, 1.165) is 23.4 Å². The van der Waals surface area contributed by atoms with Crippen LogP contribution in [-0.4, -0.2) is 18.2 Å². The Bertz CT molecular complexity index is 833. The maximum absolute atomic E-state index is 12.2. The van der Waals surface area contributed by atoms with Gasteiger partial charge in [-0.2, -0.15) is 0 Å². The quantitative estimate of drug-likeness (QED) is 0.525. The minimum absolute atomic E-state index is 0.443. The van der Waals surface area contributed by atoms with Crippen molar-refractivity contribution in [1.82, 2.24) is 5.48 Å². The summed E-state index contributed by atoms with van der Waals surface area (Å²) in [6.45, 7) is 0.805. The Morgan fingerprint density at radius 2 is 1.42 bits per heavy atom. The van der Waals surface area contributed by atoms with Gasteiger partial charge in [0.1, 0.15) is 0 Å². The SMILES string of the molecule is CN(Cc1ccccc1)c1ccc(C(C(=O)NO)c2ccccc2)cc1. The van der Waals surface area contributed by atoms with Crippen molar-refractivity contribution in [3.05, 3.63) is 102 Å². The zero-order chi connectivity index (χ0) is 18.4. The van der Waals surface area contributed by atoms with Gasteiger partial charge in [0.2, 0.25) is 0 Å². The number of benzene rings is 3. The first-order valence-corrected chi connectivity index (χ1v) is 8.53. The predicted molar refractivity (Wildman–Crippen MR) is 103 cm³/mol. The average molecular weight is 346 g/mol. The summed E-state index contributed by atoms with van der Waals surface area (Å²) in [5, 5.41) is 9.13. The summed E-state index contributed by atoms with van der Waals surface area (Å²) < 4.78 is 0. The number of hydrogen-bond acceptors (Lipinski definition) is 3. The topological polar surface area (TPSA) is 52.6 Å². The molecule has 3 aromatic carbocycles. The van der Waals surface area contributed by atoms with Gasteiger partial charge in [0.15, 0.2) is 0 Å². The highest BCUT2D eigenvalue weighted by Gasteiger charge is 2.22. The molecular formula is C22H22N2O2. The van der Waals surface area contributed by atoms with Crippen molar-refractivity contribution < 1.29 is 10.0 Å². The standard InChI is InChI=1S/C22H22N2O2/c1-24(16-17-8-4-2-5-9-17)20-14-12-19(13-15-20)21(22(25)23-26)18-10-6-3-7-11-18/h2-15,21,26H,16H2,1H3,(H,23,25). The summed E-state index contributed by atoms with van der Waals surface area (Å²) in [6.07, 6.45) is 0. The van der Waals surface area contributed by atoms with E-state index in [0.29, 0.717) is 0 Å². The largest absolute Gasteiger partial charge is 0.370 e. The van der Waals surface area contributed by atoms with Gasteiger partial charge >= 0.3 is 0 Å². The molecule has 132 valence electrons. The third kappa shape index (κ3) is 4.10. The lowest BCUT2D eigenvalue weighted by atomic mass is 9.90. The van der Waals surface area contributed by atoms with Crippen LogP contribution in [0.15, 0.2) is 84.9 Å². The Balaban J connectivity index is 1.81. The Hall–Kier alpha value is -3.11. The molecule has 1 unspecified atom stereocenters. The lowest BCUT2D eigenvalue weighted by molar-refractivity contribution is -0.129. The zero-order valence-electron chi connectivity index (χ0n) is 14.7. The fraction of sp³-hybridized carbons (Fsp3) is 0.136. The number of anilines is 1. The molecule has 4 nitrogen and oxygen atoms in total. The molecule has 3 rings (SSSR count). The molecule has 0 aliphatic carbocycles. The highest BCUT2D eigenvalue weighted by Crippen LogP contribution is 2.27. The van der Waals surface area contributed by atoms with E-state index in [9.17, 15) is 4.79 Å². The van der Waals surface area contributed by atoms with Crippen molar-refractivity contribution in [3.63, 3.8) is 0 Å². The Labute approximate surface area is 153 Å². The Morgan fingerprint density at radius 3 is 2.00 bits per heavy atom. The second-order valence-electron chi connectivity index (χ2n) is 6.25. The molecule has 0 aromatic heterocycles. The highest BCUT2D eigenvalue weighted by atomic mass is 16.5. The van der Waals surface area contributed by atoms with Gasteiger partial charge in [-0.15, -0.1) is 0 Å². The molecule has 4 heteroatoms. The van der Waals surface area contributed by atoms with Crippen LogP contribution in [0.4, 0.5) is 5.69 Å². The molecule has 0 aliphatic rings. The molecule has 1 amide bonds. The van der Waals surface area contributed by atoms with Gasteiger partial charge in [-0.1, -0.05) is 72.8 Å². The molecule has 0 radical (unpaired) electrons. The minimum Gasteiger partial charge on any atom is -0.370 e. The van der Waals surface area contributed by atoms with Gasteiger partial charge in [-0.05, 0) is 28.8 Å². The molecule has 0 spiro atoms. The van der Waals surface area contributed by atoms with E-state index in [1.54, 1.807) is 5.48 Å². The normalized spacial score (nSPS) is 11.6. The molecular weight excluding hydrogens is 324 g/mol. The van der Waals surface area contributed by atoms with Crippen molar-refractivity contribution in [2.24, 2.45) is 0 Å². The number of hydrogen-bond donors (Lipinski definition) is 2. The second kappa shape index (κ2) is 8.32. The molecule has 0 fully saturated rings. The molecule has 1 atom stereocenters. The van der Waals surface area contributed by atoms with Gasteiger partial charge in [0, 0.05) is 19.3 Å². The van der Waals surface area contributed by atoms with Crippen LogP contribution in [0.25, 0.3) is 0 Å². The maximum atomic E-state index is 12.2. The van der Waals surface area contributed by atoms with E-state index in [4.69, 9.17) is 5.21 Å². The van der Waals surface area contributed by atoms with Gasteiger partial charge in [-0.25, -0.2) is 5.48 Å². The predicted octanol–water partition coefficient (Wildman–Crippen LogP) is 3.96. The van der Waals surface area contributed by atoms with Crippen molar-refractivity contribution in [3.8, 4) is 0 Å². The number of nitrogens with one attached hydrogen (secondary N) is 1. The summed E-state index contributed by atoms with van der Waals surface area (Å²) >= 11 is 0. The Morgan fingerprint density at radius 1 is 0.885 bits per heavy atom. The fourth-order valence-electron chi connectivity index (χ4n) is 3.08. The van der Waals surface area contributed by atoms with E-state index >= 15 is 0 Å². The molecule has 0 saturated carbocycles. The first-order chi connectivity index (χ1) is 12.7. The number of hydroxylamine groups is 1. The van der Waals surface area contributed by atoms with Gasteiger partial charge in [-0.3, -0.25) is 10.0 Å². The van der Waals surface area contributed by atoms with Crippen molar-refractivity contribution >= 4 is 11.6 Å². The molecule has 0 aliphatic heterocycles. The van der Waals surface area contributed by atoms with E-state index in [1.807, 2.05) is 79.8 Å². The van der Waals surface area contributed by atoms with E-state index in [-0.39, 0.29) is 0 Å². The summed E-state index contributed by atoms with van der Waals surface area (Å²) in [5.41, 5.74) is 5.75. The Kier molecular flexibility index (Phi) is 5.66. The van der Waals surface area contributed by atoms with E-state index in [1.165, 1.54) is 5.56 Å². The van der Waals surface area contributed by atoms with Crippen LogP contribution in [0.1, 0.15) is 22.6 Å². The monoisotopic (exact) mass is 346 g/mol. The molecule has 0 saturated heterocycles. The number of nitrogens with zero attached hydrogens (tertiary/aromatic N) is 1. The molecule has 0 heterocycles. The summed E-state index contributed by atoms with van der Waals surface area (Å²) in [4.78, 5) is 14.4. The van der Waals surface area contributed by atoms with Crippen molar-refractivity contribution in [1.29, 1.82) is 0 Å². The molecule has 26 heavy (non-hydrogen) atoms. The third-order valence-corrected chi connectivity index (χ3v) is 4.44. The fourth-order valence-corrected chi connectivity index (χ4v) is 3.08. The van der Waals surface area contributed by atoms with Crippen LogP contribution in [0.2, 0.25) is 0 Å². The van der Waals surface area contributed by atoms with Crippen LogP contribution in [0, 0.1) is 0 Å². The maximum Gasteiger partial charge on any atom is 0.255 e. The highest BCUT2D eigenvalue weighted by molar-refractivity contribution is 5.86. The van der Waals surface area contributed by atoms with Crippen LogP contribution < -0.4 is 10.4 Å². The van der Waals surface area contributed by atoms with Crippen LogP contribution in [0.5, 0.6) is 0 Å². The third-order valence-electron chi connectivity index (χ3n) is 4.44. The first kappa shape index (κ1) is 17.7. The van der Waals surface area contributed by atoms with Gasteiger partial charge in [0.25, 0.3) is 5.91 Å². The summed E-state index contributed by atoms with van der Waals surface area (Å²) in [7, 11) is 2.04. The average Bonchev–Trinajstić information content (AvgIpc) is 2.70. The van der Waals surface area contributed by atoms with Gasteiger partial charge in [0.05, 0.1) is 5.92 Å². The lowest BCUT2D eigenvalue weighted by Gasteiger charge is -2.21. The minimum atomic E-state index is -0.547. The van der Waals surface area contributed by atoms with Crippen LogP contribution >= 0.6 is 0 Å². The summed E-state index contributed by atoms with van der Waals surface area (Å²) in [6, 6.07) is 27.6. The van der Waals surface area contributed by atoms with Crippen molar-refractivity contribution in [2.75, 3.05) is 11.9 Å². The molecule has 3 aromatic rings. The second-order valence-corrected chi connectivity index (χ2v) is 6.25. The van der Waals surface area contributed by atoms with E-state index < -0.39 is 11.8 Å². The van der Waals surface area contributed by atoms with Gasteiger partial charge < -0.3 is 4.90 Å². The molecule has 0 bridgehead atoms. The number of carbonyl (C=O) groups is 1. The number of rotatable bonds is 6. The van der Waals surface area contributed by atoms with Crippen LogP contribution in [-0.2, 0) is 11.3 Å². The smallest absolute Gasteiger partial charge is 0.255 e. The van der Waals surface area contributed by atoms with Crippen LogP contribution in [0.3, 0.4) is 0 Å². The lowest BCUT2D eigenvalue weighted by Crippen LogP contribution is -2.27. The number of amides is 1. The number of carbonyl (C=O) groups excluding carboxylic acids is 1. The first-order valence-electron chi connectivity index (χ1n) is 8.53.